The summed E-state index contributed by atoms with van der Waals surface area (Å²) in [6, 6.07) is 8.25. The van der Waals surface area contributed by atoms with Gasteiger partial charge in [0.1, 0.15) is 5.82 Å². The molecular weight excluding hydrogens is 303 g/mol. The van der Waals surface area contributed by atoms with Crippen LogP contribution in [0.2, 0.25) is 5.02 Å². The topological polar surface area (TPSA) is 48.7 Å². The Balaban J connectivity index is 2.45. The summed E-state index contributed by atoms with van der Waals surface area (Å²) < 4.78 is 39.0. The molecule has 2 rings (SSSR count). The molecule has 0 saturated carbocycles. The zero-order valence-corrected chi connectivity index (χ0v) is 11.5. The number of nitrogens with zero attached hydrogens (tertiary/aromatic N) is 2. The van der Waals surface area contributed by atoms with E-state index in [1.54, 1.807) is 6.92 Å². The summed E-state index contributed by atoms with van der Waals surface area (Å²) in [5, 5.41) is 11.4. The standard InChI is InChI=1S/C14H9ClF3N3/c1-8-4-9(7-19)5-13(20-8)21-12-3-2-10(15)6-11(12)14(16,17)18/h2-6H,1H3,(H,20,21). The Bertz CT molecular complexity index is 720. The molecule has 0 bridgehead atoms. The number of halogens is 4. The van der Waals surface area contributed by atoms with E-state index in [-0.39, 0.29) is 16.5 Å². The maximum absolute atomic E-state index is 13.0. The Morgan fingerprint density at radius 3 is 2.57 bits per heavy atom. The number of hydrogen-bond acceptors (Lipinski definition) is 3. The van der Waals surface area contributed by atoms with Gasteiger partial charge in [0, 0.05) is 10.7 Å². The van der Waals surface area contributed by atoms with Crippen LogP contribution >= 0.6 is 11.6 Å². The zero-order valence-electron chi connectivity index (χ0n) is 10.8. The molecule has 0 saturated heterocycles. The summed E-state index contributed by atoms with van der Waals surface area (Å²) >= 11 is 5.61. The van der Waals surface area contributed by atoms with E-state index < -0.39 is 11.7 Å². The van der Waals surface area contributed by atoms with Crippen molar-refractivity contribution in [3.8, 4) is 6.07 Å². The van der Waals surface area contributed by atoms with Gasteiger partial charge in [0.2, 0.25) is 0 Å². The maximum atomic E-state index is 13.0. The van der Waals surface area contributed by atoms with Crippen LogP contribution in [-0.2, 0) is 6.18 Å². The summed E-state index contributed by atoms with van der Waals surface area (Å²) in [5.74, 6) is 0.166. The summed E-state index contributed by atoms with van der Waals surface area (Å²) in [6.07, 6.45) is -4.55. The van der Waals surface area contributed by atoms with E-state index in [1.165, 1.54) is 24.3 Å². The van der Waals surface area contributed by atoms with Gasteiger partial charge < -0.3 is 5.32 Å². The maximum Gasteiger partial charge on any atom is 0.418 e. The molecule has 0 atom stereocenters. The SMILES string of the molecule is Cc1cc(C#N)cc(Nc2ccc(Cl)cc2C(F)(F)F)n1. The van der Waals surface area contributed by atoms with Gasteiger partial charge in [0.15, 0.2) is 0 Å². The molecule has 7 heteroatoms. The molecule has 0 aliphatic carbocycles. The van der Waals surface area contributed by atoms with E-state index in [0.717, 1.165) is 6.07 Å². The van der Waals surface area contributed by atoms with Crippen LogP contribution in [0.4, 0.5) is 24.7 Å². The highest BCUT2D eigenvalue weighted by molar-refractivity contribution is 6.30. The molecule has 1 aromatic carbocycles. The Morgan fingerprint density at radius 2 is 1.95 bits per heavy atom. The van der Waals surface area contributed by atoms with Gasteiger partial charge in [0.05, 0.1) is 22.9 Å². The van der Waals surface area contributed by atoms with Gasteiger partial charge in [-0.1, -0.05) is 11.6 Å². The first-order valence-corrected chi connectivity index (χ1v) is 6.20. The molecule has 21 heavy (non-hydrogen) atoms. The van der Waals surface area contributed by atoms with Crippen molar-refractivity contribution in [1.82, 2.24) is 4.98 Å². The average Bonchev–Trinajstić information content (AvgIpc) is 2.39. The minimum atomic E-state index is -4.55. The lowest BCUT2D eigenvalue weighted by Crippen LogP contribution is -2.09. The highest BCUT2D eigenvalue weighted by Crippen LogP contribution is 2.37. The van der Waals surface area contributed by atoms with Crippen LogP contribution in [0.25, 0.3) is 0 Å². The molecule has 0 radical (unpaired) electrons. The van der Waals surface area contributed by atoms with Crippen molar-refractivity contribution in [1.29, 1.82) is 5.26 Å². The second kappa shape index (κ2) is 5.62. The summed E-state index contributed by atoms with van der Waals surface area (Å²) in [5.41, 5.74) is -0.225. The van der Waals surface area contributed by atoms with Crippen molar-refractivity contribution in [3.05, 3.63) is 52.2 Å². The van der Waals surface area contributed by atoms with Crippen LogP contribution in [0.5, 0.6) is 0 Å². The quantitative estimate of drug-likeness (QED) is 0.876. The molecule has 1 N–H and O–H groups in total. The van der Waals surface area contributed by atoms with Crippen molar-refractivity contribution in [3.63, 3.8) is 0 Å². The number of alkyl halides is 3. The number of anilines is 2. The molecule has 0 spiro atoms. The van der Waals surface area contributed by atoms with Gasteiger partial charge in [-0.15, -0.1) is 0 Å². The summed E-state index contributed by atoms with van der Waals surface area (Å²) in [6.45, 7) is 1.65. The fourth-order valence-electron chi connectivity index (χ4n) is 1.80. The molecule has 0 unspecified atom stereocenters. The van der Waals surface area contributed by atoms with E-state index in [4.69, 9.17) is 16.9 Å². The third kappa shape index (κ3) is 3.64. The Hall–Kier alpha value is -2.26. The third-order valence-electron chi connectivity index (χ3n) is 2.63. The summed E-state index contributed by atoms with van der Waals surface area (Å²) in [4.78, 5) is 4.06. The number of rotatable bonds is 2. The minimum absolute atomic E-state index is 0.0113. The number of pyridine rings is 1. The molecule has 0 aliphatic heterocycles. The van der Waals surface area contributed by atoms with Crippen LogP contribution in [0.3, 0.4) is 0 Å². The van der Waals surface area contributed by atoms with E-state index in [9.17, 15) is 13.2 Å². The lowest BCUT2D eigenvalue weighted by atomic mass is 10.1. The van der Waals surface area contributed by atoms with Gasteiger partial charge in [0.25, 0.3) is 0 Å². The average molecular weight is 312 g/mol. The third-order valence-corrected chi connectivity index (χ3v) is 2.87. The van der Waals surface area contributed by atoms with Gasteiger partial charge >= 0.3 is 6.18 Å². The molecule has 2 aromatic rings. The predicted octanol–water partition coefficient (Wildman–Crippen LogP) is 4.68. The van der Waals surface area contributed by atoms with Crippen molar-refractivity contribution < 1.29 is 13.2 Å². The summed E-state index contributed by atoms with van der Waals surface area (Å²) in [7, 11) is 0. The number of nitriles is 1. The Labute approximate surface area is 124 Å². The second-order valence-electron chi connectivity index (χ2n) is 4.31. The van der Waals surface area contributed by atoms with E-state index >= 15 is 0 Å². The highest BCUT2D eigenvalue weighted by atomic mass is 35.5. The van der Waals surface area contributed by atoms with Gasteiger partial charge in [-0.3, -0.25) is 0 Å². The van der Waals surface area contributed by atoms with Crippen LogP contribution < -0.4 is 5.32 Å². The second-order valence-corrected chi connectivity index (χ2v) is 4.74. The van der Waals surface area contributed by atoms with Crippen molar-refractivity contribution in [2.45, 2.75) is 13.1 Å². The van der Waals surface area contributed by atoms with Crippen LogP contribution in [0, 0.1) is 18.3 Å². The van der Waals surface area contributed by atoms with E-state index in [0.29, 0.717) is 11.3 Å². The first-order chi connectivity index (χ1) is 9.79. The fraction of sp³-hybridized carbons (Fsp3) is 0.143. The number of aryl methyl sites for hydroxylation is 1. The first kappa shape index (κ1) is 15.1. The van der Waals surface area contributed by atoms with Gasteiger partial charge in [-0.2, -0.15) is 18.4 Å². The van der Waals surface area contributed by atoms with Gasteiger partial charge in [-0.25, -0.2) is 4.98 Å². The van der Waals surface area contributed by atoms with Crippen molar-refractivity contribution >= 4 is 23.1 Å². The van der Waals surface area contributed by atoms with Crippen molar-refractivity contribution in [2.24, 2.45) is 0 Å². The molecule has 1 heterocycles. The Morgan fingerprint density at radius 1 is 1.24 bits per heavy atom. The molecule has 0 fully saturated rings. The number of benzene rings is 1. The monoisotopic (exact) mass is 311 g/mol. The number of nitrogens with one attached hydrogen (secondary N) is 1. The van der Waals surface area contributed by atoms with Gasteiger partial charge in [-0.05, 0) is 37.3 Å². The highest BCUT2D eigenvalue weighted by Gasteiger charge is 2.33. The molecule has 1 aromatic heterocycles. The van der Waals surface area contributed by atoms with Crippen LogP contribution in [-0.4, -0.2) is 4.98 Å². The lowest BCUT2D eigenvalue weighted by molar-refractivity contribution is -0.136. The number of hydrogen-bond donors (Lipinski definition) is 1. The number of aromatic nitrogens is 1. The molecular formula is C14H9ClF3N3. The predicted molar refractivity (Wildman–Crippen MR) is 73.4 cm³/mol. The fourth-order valence-corrected chi connectivity index (χ4v) is 1.97. The smallest absolute Gasteiger partial charge is 0.340 e. The zero-order chi connectivity index (χ0) is 15.6. The van der Waals surface area contributed by atoms with E-state index in [1.807, 2.05) is 6.07 Å². The van der Waals surface area contributed by atoms with E-state index in [2.05, 4.69) is 10.3 Å². The minimum Gasteiger partial charge on any atom is -0.340 e. The molecule has 108 valence electrons. The van der Waals surface area contributed by atoms with Crippen LogP contribution in [0.1, 0.15) is 16.8 Å². The molecule has 3 nitrogen and oxygen atoms in total. The normalized spacial score (nSPS) is 11.0. The molecule has 0 aliphatic rings. The molecule has 0 amide bonds. The lowest BCUT2D eigenvalue weighted by Gasteiger charge is -2.15. The van der Waals surface area contributed by atoms with Crippen molar-refractivity contribution in [2.75, 3.05) is 5.32 Å². The first-order valence-electron chi connectivity index (χ1n) is 5.82. The van der Waals surface area contributed by atoms with Crippen LogP contribution in [0.15, 0.2) is 30.3 Å². The Kier molecular flexibility index (Phi) is 4.05. The largest absolute Gasteiger partial charge is 0.418 e.